The molecule has 1 unspecified atom stereocenters. The quantitative estimate of drug-likeness (QED) is 0.362. The van der Waals surface area contributed by atoms with Crippen LogP contribution in [0.4, 0.5) is 9.18 Å². The molecule has 154 valence electrons. The first-order chi connectivity index (χ1) is 14.6. The number of urea groups is 1. The minimum absolute atomic E-state index is 0.0703. The number of imide groups is 1. The highest BCUT2D eigenvalue weighted by molar-refractivity contribution is 8.02. The molecule has 0 fully saturated rings. The molecule has 0 aliphatic rings. The van der Waals surface area contributed by atoms with Gasteiger partial charge < -0.3 is 0 Å². The number of rotatable bonds is 8. The number of carbonyl (C=O) groups excluding carboxylic acids is 2. The van der Waals surface area contributed by atoms with E-state index in [9.17, 15) is 14.0 Å². The second-order valence-corrected chi connectivity index (χ2v) is 8.43. The van der Waals surface area contributed by atoms with Crippen molar-refractivity contribution in [3.05, 3.63) is 107 Å². The van der Waals surface area contributed by atoms with E-state index >= 15 is 0 Å². The molecule has 0 aliphatic carbocycles. The molecule has 0 radical (unpaired) electrons. The average Bonchev–Trinajstić information content (AvgIpc) is 2.78. The summed E-state index contributed by atoms with van der Waals surface area (Å²) < 4.78 is 15.9. The topological polar surface area (TPSA) is 58.2 Å². The number of thioether (sulfide) groups is 1. The molecule has 3 amide bonds. The molecular weight excluding hydrogens is 419 g/mol. The van der Waals surface area contributed by atoms with E-state index < -0.39 is 11.9 Å². The lowest BCUT2D eigenvalue weighted by Gasteiger charge is -2.17. The molecule has 0 aliphatic heterocycles. The Morgan fingerprint density at radius 2 is 1.40 bits per heavy atom. The van der Waals surface area contributed by atoms with Crippen LogP contribution in [-0.2, 0) is 0 Å². The Hall–Kier alpha value is -2.77. The summed E-state index contributed by atoms with van der Waals surface area (Å²) in [5.74, 6) is 0.714. The molecule has 0 saturated carbocycles. The van der Waals surface area contributed by atoms with Gasteiger partial charge >= 0.3 is 6.03 Å². The van der Waals surface area contributed by atoms with E-state index in [1.807, 2.05) is 18.2 Å². The van der Waals surface area contributed by atoms with Crippen molar-refractivity contribution in [3.8, 4) is 0 Å². The van der Waals surface area contributed by atoms with Crippen LogP contribution in [0.2, 0.25) is 0 Å². The van der Waals surface area contributed by atoms with E-state index in [-0.39, 0.29) is 11.1 Å². The second-order valence-electron chi connectivity index (χ2n) is 6.31. The van der Waals surface area contributed by atoms with Crippen LogP contribution < -0.4 is 10.0 Å². The van der Waals surface area contributed by atoms with Gasteiger partial charge in [-0.1, -0.05) is 60.7 Å². The summed E-state index contributed by atoms with van der Waals surface area (Å²) in [6.07, 6.45) is 0. The lowest BCUT2D eigenvalue weighted by molar-refractivity contribution is 0.0965. The van der Waals surface area contributed by atoms with Crippen molar-refractivity contribution in [2.45, 2.75) is 5.25 Å². The molecule has 3 rings (SSSR count). The Morgan fingerprint density at radius 1 is 0.800 bits per heavy atom. The van der Waals surface area contributed by atoms with Crippen LogP contribution in [-0.4, -0.2) is 23.4 Å². The van der Waals surface area contributed by atoms with Gasteiger partial charge in [-0.3, -0.25) is 14.8 Å². The van der Waals surface area contributed by atoms with Crippen molar-refractivity contribution >= 4 is 35.6 Å². The van der Waals surface area contributed by atoms with Gasteiger partial charge in [0.05, 0.1) is 5.25 Å². The van der Waals surface area contributed by atoms with Crippen molar-refractivity contribution in [1.29, 1.82) is 0 Å². The molecule has 0 saturated heterocycles. The monoisotopic (exact) mass is 440 g/mol. The summed E-state index contributed by atoms with van der Waals surface area (Å²) in [5, 5.41) is 2.37. The molecule has 3 aromatic rings. The summed E-state index contributed by atoms with van der Waals surface area (Å²) in [6.45, 7) is 0. The van der Waals surface area contributed by atoms with Gasteiger partial charge in [-0.15, -0.1) is 11.8 Å². The van der Waals surface area contributed by atoms with Crippen LogP contribution in [0.25, 0.3) is 0 Å². The second kappa shape index (κ2) is 11.4. The molecule has 4 nitrogen and oxygen atoms in total. The van der Waals surface area contributed by atoms with E-state index in [0.29, 0.717) is 11.3 Å². The van der Waals surface area contributed by atoms with Crippen LogP contribution in [0.3, 0.4) is 0 Å². The van der Waals surface area contributed by atoms with E-state index in [2.05, 4.69) is 22.2 Å². The largest absolute Gasteiger partial charge is 0.331 e. The average molecular weight is 441 g/mol. The number of benzene rings is 3. The third-order valence-electron chi connectivity index (χ3n) is 4.17. The first kappa shape index (κ1) is 21.9. The molecule has 0 aromatic heterocycles. The van der Waals surface area contributed by atoms with Crippen molar-refractivity contribution in [3.63, 3.8) is 0 Å². The Balaban J connectivity index is 1.47. The number of halogens is 1. The van der Waals surface area contributed by atoms with Gasteiger partial charge in [-0.2, -0.15) is 0 Å². The summed E-state index contributed by atoms with van der Waals surface area (Å²) in [7, 11) is 0. The highest BCUT2D eigenvalue weighted by Crippen LogP contribution is 2.35. The summed E-state index contributed by atoms with van der Waals surface area (Å²) in [4.78, 5) is 23.9. The number of hydrogen-bond acceptors (Lipinski definition) is 4. The lowest BCUT2D eigenvalue weighted by Crippen LogP contribution is -2.36. The maximum atomic E-state index is 13.3. The predicted molar refractivity (Wildman–Crippen MR) is 122 cm³/mol. The number of nitrogens with one attached hydrogen (secondary N) is 2. The lowest BCUT2D eigenvalue weighted by atomic mass is 10.0. The van der Waals surface area contributed by atoms with Gasteiger partial charge in [-0.05, 0) is 47.3 Å². The van der Waals surface area contributed by atoms with Crippen molar-refractivity contribution in [2.24, 2.45) is 0 Å². The fourth-order valence-corrected chi connectivity index (χ4v) is 4.70. The standard InChI is InChI=1S/C23H21FN2O2S2/c24-20-13-11-18(12-14-20)21(17-7-3-1-4-8-17)29-15-16-30-26-23(28)25-22(27)19-9-5-2-6-10-19/h1-14,21H,15-16H2,(H2,25,26,27,28). The van der Waals surface area contributed by atoms with Crippen LogP contribution in [0, 0.1) is 5.82 Å². The fraction of sp³-hybridized carbons (Fsp3) is 0.130. The zero-order valence-corrected chi connectivity index (χ0v) is 17.7. The van der Waals surface area contributed by atoms with Crippen molar-refractivity contribution in [1.82, 2.24) is 10.0 Å². The Kier molecular flexibility index (Phi) is 8.35. The maximum absolute atomic E-state index is 13.3. The zero-order valence-electron chi connectivity index (χ0n) is 16.1. The van der Waals surface area contributed by atoms with E-state index in [0.717, 1.165) is 16.9 Å². The summed E-state index contributed by atoms with van der Waals surface area (Å²) in [5.41, 5.74) is 2.59. The minimum atomic E-state index is -0.544. The van der Waals surface area contributed by atoms with Crippen LogP contribution >= 0.6 is 23.7 Å². The maximum Gasteiger partial charge on any atom is 0.331 e. The zero-order chi connectivity index (χ0) is 21.2. The smallest absolute Gasteiger partial charge is 0.281 e. The van der Waals surface area contributed by atoms with Gasteiger partial charge in [0.1, 0.15) is 5.82 Å². The highest BCUT2D eigenvalue weighted by Gasteiger charge is 2.15. The molecule has 1 atom stereocenters. The third-order valence-corrected chi connectivity index (χ3v) is 6.49. The first-order valence-electron chi connectivity index (χ1n) is 9.33. The Labute approximate surface area is 183 Å². The van der Waals surface area contributed by atoms with Crippen LogP contribution in [0.15, 0.2) is 84.9 Å². The van der Waals surface area contributed by atoms with Crippen LogP contribution in [0.1, 0.15) is 26.7 Å². The Morgan fingerprint density at radius 3 is 2.07 bits per heavy atom. The first-order valence-corrected chi connectivity index (χ1v) is 11.4. The van der Waals surface area contributed by atoms with E-state index in [4.69, 9.17) is 0 Å². The molecule has 7 heteroatoms. The molecule has 0 spiro atoms. The summed E-state index contributed by atoms with van der Waals surface area (Å²) >= 11 is 2.95. The van der Waals surface area contributed by atoms with Gasteiger partial charge in [0.2, 0.25) is 0 Å². The SMILES string of the molecule is O=C(NSCCSC(c1ccccc1)c1ccc(F)cc1)NC(=O)c1ccccc1. The molecule has 3 aromatic carbocycles. The van der Waals surface area contributed by atoms with E-state index in [1.165, 1.54) is 24.1 Å². The fourth-order valence-electron chi connectivity index (χ4n) is 2.76. The van der Waals surface area contributed by atoms with Crippen molar-refractivity contribution < 1.29 is 14.0 Å². The molecule has 0 heterocycles. The summed E-state index contributed by atoms with van der Waals surface area (Å²) in [6, 6.07) is 24.6. The van der Waals surface area contributed by atoms with E-state index in [1.54, 1.807) is 54.2 Å². The van der Waals surface area contributed by atoms with Gasteiger partial charge in [0, 0.05) is 17.1 Å². The number of amides is 3. The van der Waals surface area contributed by atoms with Crippen LogP contribution in [0.5, 0.6) is 0 Å². The highest BCUT2D eigenvalue weighted by atomic mass is 32.2. The predicted octanol–water partition coefficient (Wildman–Crippen LogP) is 5.44. The van der Waals surface area contributed by atoms with Gasteiger partial charge in [-0.25, -0.2) is 9.18 Å². The molecule has 2 N–H and O–H groups in total. The molecule has 30 heavy (non-hydrogen) atoms. The van der Waals surface area contributed by atoms with Crippen molar-refractivity contribution in [2.75, 3.05) is 11.5 Å². The molecule has 0 bridgehead atoms. The van der Waals surface area contributed by atoms with Gasteiger partial charge in [0.25, 0.3) is 5.91 Å². The van der Waals surface area contributed by atoms with Gasteiger partial charge in [0.15, 0.2) is 0 Å². The minimum Gasteiger partial charge on any atom is -0.281 e. The normalized spacial score (nSPS) is 11.5. The molecular formula is C23H21FN2O2S2. The number of carbonyl (C=O) groups is 2. The Bertz CT molecular complexity index is 954. The third kappa shape index (κ3) is 6.64. The number of hydrogen-bond donors (Lipinski definition) is 2.